The number of nitrogens with one attached hydrogen (secondary N) is 1. The fraction of sp³-hybridized carbons (Fsp3) is 0.538. The molecule has 19 heavy (non-hydrogen) atoms. The highest BCUT2D eigenvalue weighted by Gasteiger charge is 2.44. The molecule has 1 spiro atoms. The minimum Gasteiger partial charge on any atom is -0.316 e. The van der Waals surface area contributed by atoms with E-state index in [1.807, 2.05) is 0 Å². The third-order valence-electron chi connectivity index (χ3n) is 4.17. The van der Waals surface area contributed by atoms with Crippen molar-refractivity contribution in [1.29, 1.82) is 0 Å². The van der Waals surface area contributed by atoms with Crippen LogP contribution in [0, 0.1) is 11.2 Å². The van der Waals surface area contributed by atoms with Gasteiger partial charge in [-0.3, -0.25) is 0 Å². The van der Waals surface area contributed by atoms with Crippen LogP contribution in [0.5, 0.6) is 0 Å². The molecular formula is C13H17FN2O2S. The van der Waals surface area contributed by atoms with Gasteiger partial charge in [-0.1, -0.05) is 6.07 Å². The smallest absolute Gasteiger partial charge is 0.243 e. The first-order valence-corrected chi connectivity index (χ1v) is 7.92. The summed E-state index contributed by atoms with van der Waals surface area (Å²) in [6.07, 6.45) is 1.90. The van der Waals surface area contributed by atoms with Crippen LogP contribution in [0.15, 0.2) is 29.2 Å². The maximum atomic E-state index is 13.2. The van der Waals surface area contributed by atoms with Gasteiger partial charge in [0.25, 0.3) is 0 Å². The lowest BCUT2D eigenvalue weighted by Gasteiger charge is -2.22. The summed E-state index contributed by atoms with van der Waals surface area (Å²) in [7, 11) is -3.56. The van der Waals surface area contributed by atoms with Gasteiger partial charge in [-0.15, -0.1) is 0 Å². The van der Waals surface area contributed by atoms with E-state index in [0.717, 1.165) is 32.0 Å². The van der Waals surface area contributed by atoms with Gasteiger partial charge in [0.1, 0.15) is 5.82 Å². The Balaban J connectivity index is 1.86. The van der Waals surface area contributed by atoms with Crippen LogP contribution >= 0.6 is 0 Å². The van der Waals surface area contributed by atoms with Crippen molar-refractivity contribution in [2.75, 3.05) is 26.2 Å². The fourth-order valence-electron chi connectivity index (χ4n) is 3.02. The first-order valence-electron chi connectivity index (χ1n) is 6.48. The molecule has 1 aromatic carbocycles. The van der Waals surface area contributed by atoms with Crippen LogP contribution in [0.2, 0.25) is 0 Å². The third kappa shape index (κ3) is 2.28. The van der Waals surface area contributed by atoms with Gasteiger partial charge in [-0.05, 0) is 43.0 Å². The summed E-state index contributed by atoms with van der Waals surface area (Å²) in [4.78, 5) is 0.0514. The Hall–Kier alpha value is -0.980. The van der Waals surface area contributed by atoms with E-state index >= 15 is 0 Å². The summed E-state index contributed by atoms with van der Waals surface area (Å²) in [6.45, 7) is 2.90. The molecule has 4 nitrogen and oxygen atoms in total. The molecular weight excluding hydrogens is 267 g/mol. The molecule has 0 aromatic heterocycles. The average molecular weight is 284 g/mol. The molecule has 2 aliphatic rings. The van der Waals surface area contributed by atoms with E-state index in [9.17, 15) is 12.8 Å². The zero-order valence-electron chi connectivity index (χ0n) is 10.6. The maximum absolute atomic E-state index is 13.2. The minimum absolute atomic E-state index is 0.0514. The van der Waals surface area contributed by atoms with Gasteiger partial charge < -0.3 is 5.32 Å². The quantitative estimate of drug-likeness (QED) is 0.888. The summed E-state index contributed by atoms with van der Waals surface area (Å²) in [6, 6.07) is 5.24. The molecule has 1 N–H and O–H groups in total. The second kappa shape index (κ2) is 4.54. The summed E-state index contributed by atoms with van der Waals surface area (Å²) < 4.78 is 39.6. The van der Waals surface area contributed by atoms with Gasteiger partial charge in [-0.2, -0.15) is 4.31 Å². The van der Waals surface area contributed by atoms with Crippen molar-refractivity contribution in [3.05, 3.63) is 30.1 Å². The minimum atomic E-state index is -3.56. The Morgan fingerprint density at radius 2 is 2.16 bits per heavy atom. The van der Waals surface area contributed by atoms with Crippen LogP contribution in [-0.2, 0) is 10.0 Å². The second-order valence-corrected chi connectivity index (χ2v) is 7.41. The highest BCUT2D eigenvalue weighted by Crippen LogP contribution is 2.38. The van der Waals surface area contributed by atoms with E-state index in [-0.39, 0.29) is 10.3 Å². The number of halogens is 1. The molecule has 1 unspecified atom stereocenters. The van der Waals surface area contributed by atoms with Crippen molar-refractivity contribution in [3.8, 4) is 0 Å². The van der Waals surface area contributed by atoms with Crippen LogP contribution in [0.1, 0.15) is 12.8 Å². The zero-order chi connectivity index (χ0) is 13.5. The molecule has 2 aliphatic heterocycles. The number of rotatable bonds is 2. The van der Waals surface area contributed by atoms with Crippen LogP contribution < -0.4 is 5.32 Å². The van der Waals surface area contributed by atoms with Crippen molar-refractivity contribution >= 4 is 10.0 Å². The summed E-state index contributed by atoms with van der Waals surface area (Å²) in [5.74, 6) is -0.516. The monoisotopic (exact) mass is 284 g/mol. The number of sulfonamides is 1. The van der Waals surface area contributed by atoms with Crippen LogP contribution in [0.25, 0.3) is 0 Å². The van der Waals surface area contributed by atoms with Gasteiger partial charge in [0.05, 0.1) is 4.90 Å². The Bertz CT molecular complexity index is 582. The van der Waals surface area contributed by atoms with Gasteiger partial charge >= 0.3 is 0 Å². The van der Waals surface area contributed by atoms with E-state index in [1.165, 1.54) is 22.5 Å². The SMILES string of the molecule is O=S(=O)(c1cccc(F)c1)N1CCC2(CCNC2)C1. The Morgan fingerprint density at radius 3 is 2.84 bits per heavy atom. The highest BCUT2D eigenvalue weighted by atomic mass is 32.2. The standard InChI is InChI=1S/C13H17FN2O2S/c14-11-2-1-3-12(8-11)19(17,18)16-7-5-13(10-16)4-6-15-9-13/h1-3,8,15H,4-7,9-10H2. The normalized spacial score (nSPS) is 28.3. The molecule has 0 radical (unpaired) electrons. The summed E-state index contributed by atoms with van der Waals surface area (Å²) in [5, 5.41) is 3.29. The van der Waals surface area contributed by atoms with E-state index in [0.29, 0.717) is 13.1 Å². The molecule has 3 rings (SSSR count). The molecule has 0 aliphatic carbocycles. The molecule has 2 heterocycles. The lowest BCUT2D eigenvalue weighted by atomic mass is 9.87. The van der Waals surface area contributed by atoms with Gasteiger partial charge in [-0.25, -0.2) is 12.8 Å². The first kappa shape index (κ1) is 13.0. The lowest BCUT2D eigenvalue weighted by molar-refractivity contribution is 0.338. The largest absolute Gasteiger partial charge is 0.316 e. The average Bonchev–Trinajstić information content (AvgIpc) is 3.01. The first-order chi connectivity index (χ1) is 9.02. The predicted molar refractivity (Wildman–Crippen MR) is 69.7 cm³/mol. The molecule has 104 valence electrons. The van der Waals surface area contributed by atoms with E-state index < -0.39 is 15.8 Å². The fourth-order valence-corrected chi connectivity index (χ4v) is 4.61. The van der Waals surface area contributed by atoms with Crippen molar-refractivity contribution in [2.45, 2.75) is 17.7 Å². The van der Waals surface area contributed by atoms with Gasteiger partial charge in [0, 0.05) is 19.6 Å². The maximum Gasteiger partial charge on any atom is 0.243 e. The summed E-state index contributed by atoms with van der Waals surface area (Å²) >= 11 is 0. The van der Waals surface area contributed by atoms with Crippen molar-refractivity contribution in [3.63, 3.8) is 0 Å². The van der Waals surface area contributed by atoms with Gasteiger partial charge in [0.15, 0.2) is 0 Å². The molecule has 0 bridgehead atoms. The van der Waals surface area contributed by atoms with Crippen molar-refractivity contribution in [1.82, 2.24) is 9.62 Å². The third-order valence-corrected chi connectivity index (χ3v) is 6.01. The molecule has 0 amide bonds. The molecule has 2 saturated heterocycles. The highest BCUT2D eigenvalue weighted by molar-refractivity contribution is 7.89. The number of benzene rings is 1. The van der Waals surface area contributed by atoms with Crippen molar-refractivity contribution in [2.24, 2.45) is 5.41 Å². The Kier molecular flexibility index (Phi) is 3.11. The van der Waals surface area contributed by atoms with Crippen LogP contribution in [-0.4, -0.2) is 38.9 Å². The van der Waals surface area contributed by atoms with E-state index in [1.54, 1.807) is 0 Å². The topological polar surface area (TPSA) is 49.4 Å². The zero-order valence-corrected chi connectivity index (χ0v) is 11.4. The molecule has 0 saturated carbocycles. The molecule has 6 heteroatoms. The van der Waals surface area contributed by atoms with Crippen molar-refractivity contribution < 1.29 is 12.8 Å². The molecule has 1 aromatic rings. The lowest BCUT2D eigenvalue weighted by Crippen LogP contribution is -2.33. The van der Waals surface area contributed by atoms with E-state index in [4.69, 9.17) is 0 Å². The van der Waals surface area contributed by atoms with Crippen LogP contribution in [0.4, 0.5) is 4.39 Å². The number of hydrogen-bond acceptors (Lipinski definition) is 3. The Labute approximate surface area is 112 Å². The number of nitrogens with zero attached hydrogens (tertiary/aromatic N) is 1. The Morgan fingerprint density at radius 1 is 1.32 bits per heavy atom. The molecule has 2 fully saturated rings. The summed E-state index contributed by atoms with van der Waals surface area (Å²) in [5.41, 5.74) is 0.0837. The van der Waals surface area contributed by atoms with E-state index in [2.05, 4.69) is 5.32 Å². The second-order valence-electron chi connectivity index (χ2n) is 5.47. The van der Waals surface area contributed by atoms with Gasteiger partial charge in [0.2, 0.25) is 10.0 Å². The predicted octanol–water partition coefficient (Wildman–Crippen LogP) is 1.20. The van der Waals surface area contributed by atoms with Crippen LogP contribution in [0.3, 0.4) is 0 Å². The molecule has 1 atom stereocenters. The number of hydrogen-bond donors (Lipinski definition) is 1.